The molecule has 11 heteroatoms. The van der Waals surface area contributed by atoms with Gasteiger partial charge in [-0.3, -0.25) is 20.2 Å². The van der Waals surface area contributed by atoms with Gasteiger partial charge in [-0.2, -0.15) is 0 Å². The van der Waals surface area contributed by atoms with Gasteiger partial charge in [0.05, 0.1) is 62.2 Å². The van der Waals surface area contributed by atoms with Crippen molar-refractivity contribution in [2.24, 2.45) is 0 Å². The zero-order valence-electron chi connectivity index (χ0n) is 22.3. The molecule has 0 spiro atoms. The van der Waals surface area contributed by atoms with E-state index in [0.717, 1.165) is 19.1 Å². The molecule has 0 fully saturated rings. The second-order valence-electron chi connectivity index (χ2n) is 8.77. The van der Waals surface area contributed by atoms with Crippen molar-refractivity contribution >= 4 is 17.1 Å². The number of nitro groups is 2. The number of benzene rings is 1. The summed E-state index contributed by atoms with van der Waals surface area (Å²) in [6, 6.07) is 3.48. The highest BCUT2D eigenvalue weighted by Gasteiger charge is 2.18. The van der Waals surface area contributed by atoms with E-state index in [-0.39, 0.29) is 17.1 Å². The number of unbranched alkanes of at least 4 members (excludes halogenated alkanes) is 9. The number of nitrogens with zero attached hydrogens (tertiary/aromatic N) is 2. The van der Waals surface area contributed by atoms with Crippen molar-refractivity contribution in [3.8, 4) is 0 Å². The number of non-ortho nitro benzene ring substituents is 1. The summed E-state index contributed by atoms with van der Waals surface area (Å²) >= 11 is 0. The van der Waals surface area contributed by atoms with E-state index in [0.29, 0.717) is 52.8 Å². The van der Waals surface area contributed by atoms with Crippen molar-refractivity contribution in [2.75, 3.05) is 64.7 Å². The Bertz CT molecular complexity index is 736. The molecule has 0 bridgehead atoms. The average Bonchev–Trinajstić information content (AvgIpc) is 2.89. The van der Waals surface area contributed by atoms with Gasteiger partial charge in [0.1, 0.15) is 5.69 Å². The Morgan fingerprint density at radius 3 is 1.65 bits per heavy atom. The molecule has 0 atom stereocenters. The maximum absolute atomic E-state index is 11.1. The molecule has 0 aliphatic carbocycles. The quantitative estimate of drug-likeness (QED) is 0.0886. The Labute approximate surface area is 220 Å². The number of anilines is 1. The van der Waals surface area contributed by atoms with Crippen LogP contribution >= 0.6 is 0 Å². The highest BCUT2D eigenvalue weighted by atomic mass is 16.6. The summed E-state index contributed by atoms with van der Waals surface area (Å²) in [6.45, 7) is 6.58. The van der Waals surface area contributed by atoms with Crippen LogP contribution in [-0.2, 0) is 18.9 Å². The van der Waals surface area contributed by atoms with Gasteiger partial charge in [-0.25, -0.2) is 0 Å². The molecule has 0 aliphatic rings. The van der Waals surface area contributed by atoms with Crippen molar-refractivity contribution in [3.63, 3.8) is 0 Å². The minimum Gasteiger partial charge on any atom is -0.379 e. The van der Waals surface area contributed by atoms with Crippen LogP contribution in [0.25, 0.3) is 0 Å². The van der Waals surface area contributed by atoms with Crippen molar-refractivity contribution < 1.29 is 28.8 Å². The third-order valence-electron chi connectivity index (χ3n) is 5.71. The summed E-state index contributed by atoms with van der Waals surface area (Å²) in [4.78, 5) is 20.6. The van der Waals surface area contributed by atoms with Crippen LogP contribution in [0.15, 0.2) is 18.2 Å². The summed E-state index contributed by atoms with van der Waals surface area (Å²) < 4.78 is 21.9. The molecule has 0 amide bonds. The molecule has 1 aromatic rings. The zero-order valence-corrected chi connectivity index (χ0v) is 22.3. The van der Waals surface area contributed by atoms with E-state index < -0.39 is 9.85 Å². The van der Waals surface area contributed by atoms with Gasteiger partial charge in [0.25, 0.3) is 11.4 Å². The Balaban J connectivity index is 1.84. The molecular formula is C26H45N3O8. The fraction of sp³-hybridized carbons (Fsp3) is 0.769. The van der Waals surface area contributed by atoms with Gasteiger partial charge in [0, 0.05) is 19.2 Å². The van der Waals surface area contributed by atoms with E-state index in [2.05, 4.69) is 12.2 Å². The number of nitro benzene ring substituents is 2. The number of rotatable bonds is 26. The van der Waals surface area contributed by atoms with Gasteiger partial charge in [-0.15, -0.1) is 0 Å². The summed E-state index contributed by atoms with van der Waals surface area (Å²) in [5.74, 6) is 0. The normalized spacial score (nSPS) is 11.1. The topological polar surface area (TPSA) is 135 Å². The van der Waals surface area contributed by atoms with Gasteiger partial charge in [-0.1, -0.05) is 64.7 Å². The van der Waals surface area contributed by atoms with Gasteiger partial charge in [0.2, 0.25) is 0 Å². The van der Waals surface area contributed by atoms with E-state index >= 15 is 0 Å². The first-order valence-electron chi connectivity index (χ1n) is 13.5. The van der Waals surface area contributed by atoms with Crippen LogP contribution in [0.2, 0.25) is 0 Å². The van der Waals surface area contributed by atoms with Crippen LogP contribution in [0, 0.1) is 20.2 Å². The fourth-order valence-electron chi connectivity index (χ4n) is 3.65. The van der Waals surface area contributed by atoms with Gasteiger partial charge in [-0.05, 0) is 12.5 Å². The number of ether oxygens (including phenoxy) is 4. The molecule has 0 unspecified atom stereocenters. The SMILES string of the molecule is CCCCCCCCCCCCOCCOCCOCCOCCNc1ccc([N+](=O)[O-])cc1[N+](=O)[O-]. The molecule has 0 aliphatic heterocycles. The Morgan fingerprint density at radius 2 is 1.14 bits per heavy atom. The fourth-order valence-corrected chi connectivity index (χ4v) is 3.65. The van der Waals surface area contributed by atoms with Crippen LogP contribution in [-0.4, -0.2) is 69.2 Å². The third-order valence-corrected chi connectivity index (χ3v) is 5.71. The standard InChI is InChI=1S/C26H45N3O8/c1-2-3-4-5-6-7-8-9-10-11-15-34-17-19-36-21-22-37-20-18-35-16-14-27-25-13-12-24(28(30)31)23-26(25)29(32)33/h12-13,23,27H,2-11,14-22H2,1H3. The molecule has 0 aromatic heterocycles. The highest BCUT2D eigenvalue weighted by Crippen LogP contribution is 2.28. The first-order chi connectivity index (χ1) is 18.1. The van der Waals surface area contributed by atoms with Crippen LogP contribution in [0.4, 0.5) is 17.1 Å². The summed E-state index contributed by atoms with van der Waals surface area (Å²) in [5, 5.41) is 24.7. The molecule has 0 radical (unpaired) electrons. The average molecular weight is 528 g/mol. The Morgan fingerprint density at radius 1 is 0.649 bits per heavy atom. The van der Waals surface area contributed by atoms with Gasteiger partial charge < -0.3 is 24.3 Å². The van der Waals surface area contributed by atoms with Crippen molar-refractivity contribution in [1.82, 2.24) is 0 Å². The number of nitrogens with one attached hydrogen (secondary N) is 1. The first-order valence-corrected chi connectivity index (χ1v) is 13.5. The lowest BCUT2D eigenvalue weighted by atomic mass is 10.1. The minimum absolute atomic E-state index is 0.208. The predicted octanol–water partition coefficient (Wildman–Crippen LogP) is 5.90. The Hall–Kier alpha value is -2.34. The summed E-state index contributed by atoms with van der Waals surface area (Å²) in [5.41, 5.74) is -0.465. The predicted molar refractivity (Wildman–Crippen MR) is 143 cm³/mol. The van der Waals surface area contributed by atoms with E-state index in [1.807, 2.05) is 0 Å². The van der Waals surface area contributed by atoms with Gasteiger partial charge in [0.15, 0.2) is 0 Å². The highest BCUT2D eigenvalue weighted by molar-refractivity contribution is 5.65. The lowest BCUT2D eigenvalue weighted by Crippen LogP contribution is -2.15. The smallest absolute Gasteiger partial charge is 0.299 e. The molecule has 1 rings (SSSR count). The van der Waals surface area contributed by atoms with Crippen molar-refractivity contribution in [2.45, 2.75) is 71.1 Å². The largest absolute Gasteiger partial charge is 0.379 e. The van der Waals surface area contributed by atoms with Crippen LogP contribution in [0.1, 0.15) is 71.1 Å². The molecule has 212 valence electrons. The lowest BCUT2D eigenvalue weighted by molar-refractivity contribution is -0.393. The molecule has 11 nitrogen and oxygen atoms in total. The third kappa shape index (κ3) is 17.7. The molecule has 0 heterocycles. The molecular weight excluding hydrogens is 482 g/mol. The van der Waals surface area contributed by atoms with Crippen molar-refractivity contribution in [1.29, 1.82) is 0 Å². The van der Waals surface area contributed by atoms with E-state index in [1.165, 1.54) is 69.9 Å². The summed E-state index contributed by atoms with van der Waals surface area (Å²) in [7, 11) is 0. The Kier molecular flexibility index (Phi) is 20.2. The number of hydrogen-bond donors (Lipinski definition) is 1. The minimum atomic E-state index is -0.668. The second-order valence-corrected chi connectivity index (χ2v) is 8.77. The summed E-state index contributed by atoms with van der Waals surface area (Å²) in [6.07, 6.45) is 13.2. The molecule has 0 saturated heterocycles. The van der Waals surface area contributed by atoms with Crippen LogP contribution < -0.4 is 5.32 Å². The maximum Gasteiger partial charge on any atom is 0.299 e. The zero-order chi connectivity index (χ0) is 27.0. The maximum atomic E-state index is 11.1. The van der Waals surface area contributed by atoms with Gasteiger partial charge >= 0.3 is 0 Å². The van der Waals surface area contributed by atoms with E-state index in [9.17, 15) is 20.2 Å². The van der Waals surface area contributed by atoms with Crippen LogP contribution in [0.5, 0.6) is 0 Å². The molecule has 37 heavy (non-hydrogen) atoms. The number of hydrogen-bond acceptors (Lipinski definition) is 9. The van der Waals surface area contributed by atoms with Crippen LogP contribution in [0.3, 0.4) is 0 Å². The monoisotopic (exact) mass is 527 g/mol. The molecule has 1 aromatic carbocycles. The molecule has 1 N–H and O–H groups in total. The van der Waals surface area contributed by atoms with E-state index in [1.54, 1.807) is 0 Å². The first kappa shape index (κ1) is 32.7. The lowest BCUT2D eigenvalue weighted by Gasteiger charge is -2.09. The van der Waals surface area contributed by atoms with E-state index in [4.69, 9.17) is 18.9 Å². The second kappa shape index (κ2) is 22.8. The van der Waals surface area contributed by atoms with Crippen molar-refractivity contribution in [3.05, 3.63) is 38.4 Å². The molecule has 0 saturated carbocycles.